The van der Waals surface area contributed by atoms with Gasteiger partial charge in [0.15, 0.2) is 0 Å². The van der Waals surface area contributed by atoms with Gasteiger partial charge in [0.2, 0.25) is 0 Å². The highest BCUT2D eigenvalue weighted by Gasteiger charge is 2.24. The molecule has 1 N–H and O–H groups in total. The van der Waals surface area contributed by atoms with Crippen molar-refractivity contribution in [3.05, 3.63) is 12.2 Å². The maximum atomic E-state index is 3.08. The Hall–Kier alpha value is -0.340. The molecule has 0 unspecified atom stereocenters. The van der Waals surface area contributed by atoms with E-state index in [1.807, 2.05) is 7.05 Å². The van der Waals surface area contributed by atoms with E-state index in [1.54, 1.807) is 0 Å². The van der Waals surface area contributed by atoms with Crippen molar-refractivity contribution in [2.75, 3.05) is 27.2 Å². The van der Waals surface area contributed by atoms with Gasteiger partial charge in [-0.05, 0) is 26.9 Å². The molecule has 64 valence electrons. The van der Waals surface area contributed by atoms with Gasteiger partial charge >= 0.3 is 0 Å². The third kappa shape index (κ3) is 3.54. The Morgan fingerprint density at radius 3 is 2.73 bits per heavy atom. The second-order valence-corrected chi connectivity index (χ2v) is 3.20. The van der Waals surface area contributed by atoms with Crippen molar-refractivity contribution >= 4 is 0 Å². The summed E-state index contributed by atoms with van der Waals surface area (Å²) in [6.45, 7) is 2.09. The van der Waals surface area contributed by atoms with Crippen LogP contribution in [0.2, 0.25) is 0 Å². The summed E-state index contributed by atoms with van der Waals surface area (Å²) in [6.07, 6.45) is 7.21. The first-order valence-electron chi connectivity index (χ1n) is 4.34. The molecule has 1 saturated carbocycles. The Bertz CT molecular complexity index is 128. The minimum Gasteiger partial charge on any atom is -0.316 e. The van der Waals surface area contributed by atoms with Crippen LogP contribution < -0.4 is 5.32 Å². The molecular formula is C9H18N2. The lowest BCUT2D eigenvalue weighted by molar-refractivity contribution is 0.360. The fourth-order valence-corrected chi connectivity index (χ4v) is 1.11. The topological polar surface area (TPSA) is 15.3 Å². The molecule has 1 rings (SSSR count). The average Bonchev–Trinajstić information content (AvgIpc) is 2.79. The monoisotopic (exact) mass is 154 g/mol. The standard InChI is InChI=1S/C9H18N2/c1-10-7-3-4-8-11(2)9-5-6-9/h3-4,9-10H,5-8H2,1-2H3. The van der Waals surface area contributed by atoms with Crippen LogP contribution in [-0.2, 0) is 0 Å². The molecule has 0 aromatic carbocycles. The van der Waals surface area contributed by atoms with Gasteiger partial charge in [-0.1, -0.05) is 12.2 Å². The highest BCUT2D eigenvalue weighted by atomic mass is 15.1. The average molecular weight is 154 g/mol. The molecule has 1 fully saturated rings. The van der Waals surface area contributed by atoms with Crippen molar-refractivity contribution < 1.29 is 0 Å². The van der Waals surface area contributed by atoms with Crippen molar-refractivity contribution in [3.8, 4) is 0 Å². The Morgan fingerprint density at radius 2 is 2.18 bits per heavy atom. The summed E-state index contributed by atoms with van der Waals surface area (Å²) in [5.74, 6) is 0. The predicted octanol–water partition coefficient (Wildman–Crippen LogP) is 0.856. The quantitative estimate of drug-likeness (QED) is 0.591. The lowest BCUT2D eigenvalue weighted by Gasteiger charge is -2.11. The molecule has 0 saturated heterocycles. The zero-order valence-corrected chi connectivity index (χ0v) is 7.51. The van der Waals surface area contributed by atoms with Crippen molar-refractivity contribution in [1.82, 2.24) is 10.2 Å². The smallest absolute Gasteiger partial charge is 0.0163 e. The van der Waals surface area contributed by atoms with E-state index in [-0.39, 0.29) is 0 Å². The number of hydrogen-bond donors (Lipinski definition) is 1. The number of hydrogen-bond acceptors (Lipinski definition) is 2. The fourth-order valence-electron chi connectivity index (χ4n) is 1.11. The van der Waals surface area contributed by atoms with Crippen molar-refractivity contribution in [1.29, 1.82) is 0 Å². The van der Waals surface area contributed by atoms with Crippen LogP contribution >= 0.6 is 0 Å². The zero-order chi connectivity index (χ0) is 8.10. The van der Waals surface area contributed by atoms with Crippen molar-refractivity contribution in [2.45, 2.75) is 18.9 Å². The van der Waals surface area contributed by atoms with Gasteiger partial charge in [-0.3, -0.25) is 4.90 Å². The molecule has 2 heteroatoms. The van der Waals surface area contributed by atoms with E-state index < -0.39 is 0 Å². The minimum absolute atomic E-state index is 0.884. The molecule has 0 bridgehead atoms. The Labute approximate surface area is 69.3 Å². The van der Waals surface area contributed by atoms with Crippen LogP contribution in [0.25, 0.3) is 0 Å². The molecule has 0 amide bonds. The van der Waals surface area contributed by atoms with Crippen molar-refractivity contribution in [3.63, 3.8) is 0 Å². The molecule has 0 radical (unpaired) electrons. The van der Waals surface area contributed by atoms with Gasteiger partial charge in [-0.15, -0.1) is 0 Å². The summed E-state index contributed by atoms with van der Waals surface area (Å²) in [4.78, 5) is 2.41. The molecule has 2 nitrogen and oxygen atoms in total. The normalized spacial score (nSPS) is 18.5. The van der Waals surface area contributed by atoms with E-state index in [2.05, 4.69) is 29.4 Å². The molecule has 0 aromatic heterocycles. The van der Waals surface area contributed by atoms with E-state index in [0.29, 0.717) is 0 Å². The summed E-state index contributed by atoms with van der Waals surface area (Å²) in [6, 6.07) is 0.884. The Balaban J connectivity index is 2.00. The Morgan fingerprint density at radius 1 is 1.45 bits per heavy atom. The van der Waals surface area contributed by atoms with Crippen LogP contribution in [0.4, 0.5) is 0 Å². The molecule has 11 heavy (non-hydrogen) atoms. The summed E-state index contributed by atoms with van der Waals surface area (Å²) in [7, 11) is 4.16. The van der Waals surface area contributed by atoms with Gasteiger partial charge in [0.05, 0.1) is 0 Å². The third-order valence-corrected chi connectivity index (χ3v) is 2.05. The predicted molar refractivity (Wildman–Crippen MR) is 48.7 cm³/mol. The number of nitrogens with zero attached hydrogens (tertiary/aromatic N) is 1. The Kier molecular flexibility index (Phi) is 3.60. The van der Waals surface area contributed by atoms with Crippen molar-refractivity contribution in [2.24, 2.45) is 0 Å². The maximum Gasteiger partial charge on any atom is 0.0163 e. The molecule has 1 aliphatic carbocycles. The molecular weight excluding hydrogens is 136 g/mol. The van der Waals surface area contributed by atoms with Gasteiger partial charge in [0.1, 0.15) is 0 Å². The lowest BCUT2D eigenvalue weighted by atomic mass is 10.4. The maximum absolute atomic E-state index is 3.08. The zero-order valence-electron chi connectivity index (χ0n) is 7.51. The first-order valence-corrected chi connectivity index (χ1v) is 4.34. The van der Waals surface area contributed by atoms with Crippen LogP contribution in [0.3, 0.4) is 0 Å². The van der Waals surface area contributed by atoms with E-state index in [1.165, 1.54) is 12.8 Å². The van der Waals surface area contributed by atoms with E-state index in [9.17, 15) is 0 Å². The summed E-state index contributed by atoms with van der Waals surface area (Å²) < 4.78 is 0. The van der Waals surface area contributed by atoms with Crippen LogP contribution in [0.5, 0.6) is 0 Å². The molecule has 0 aliphatic heterocycles. The highest BCUT2D eigenvalue weighted by molar-refractivity contribution is 4.90. The molecule has 0 heterocycles. The highest BCUT2D eigenvalue weighted by Crippen LogP contribution is 2.24. The van der Waals surface area contributed by atoms with E-state index in [4.69, 9.17) is 0 Å². The van der Waals surface area contributed by atoms with E-state index in [0.717, 1.165) is 19.1 Å². The SMILES string of the molecule is CNCC=CCN(C)C1CC1. The van der Waals surface area contributed by atoms with Gasteiger partial charge in [0.25, 0.3) is 0 Å². The largest absolute Gasteiger partial charge is 0.316 e. The first-order chi connectivity index (χ1) is 5.34. The number of likely N-dealkylation sites (N-methyl/N-ethyl adjacent to an activating group) is 2. The van der Waals surface area contributed by atoms with Crippen LogP contribution in [-0.4, -0.2) is 38.1 Å². The van der Waals surface area contributed by atoms with Gasteiger partial charge in [-0.2, -0.15) is 0 Å². The first kappa shape index (κ1) is 8.75. The molecule has 0 spiro atoms. The van der Waals surface area contributed by atoms with Crippen LogP contribution in [0, 0.1) is 0 Å². The summed E-state index contributed by atoms with van der Waals surface area (Å²) in [5.41, 5.74) is 0. The minimum atomic E-state index is 0.884. The van der Waals surface area contributed by atoms with E-state index >= 15 is 0 Å². The number of nitrogens with one attached hydrogen (secondary N) is 1. The second-order valence-electron chi connectivity index (χ2n) is 3.20. The van der Waals surface area contributed by atoms with Crippen LogP contribution in [0.1, 0.15) is 12.8 Å². The van der Waals surface area contributed by atoms with Gasteiger partial charge in [-0.25, -0.2) is 0 Å². The molecule has 1 aliphatic rings. The fraction of sp³-hybridized carbons (Fsp3) is 0.778. The van der Waals surface area contributed by atoms with Gasteiger partial charge < -0.3 is 5.32 Å². The lowest BCUT2D eigenvalue weighted by Crippen LogP contribution is -2.20. The second kappa shape index (κ2) is 4.52. The third-order valence-electron chi connectivity index (χ3n) is 2.05. The molecule has 0 aromatic rings. The van der Waals surface area contributed by atoms with Gasteiger partial charge in [0, 0.05) is 19.1 Å². The number of rotatable bonds is 5. The molecule has 0 atom stereocenters. The van der Waals surface area contributed by atoms with Crippen LogP contribution in [0.15, 0.2) is 12.2 Å². The summed E-state index contributed by atoms with van der Waals surface area (Å²) >= 11 is 0. The summed E-state index contributed by atoms with van der Waals surface area (Å²) in [5, 5.41) is 3.08.